The van der Waals surface area contributed by atoms with Crippen LogP contribution in [0.2, 0.25) is 0 Å². The maximum Gasteiger partial charge on any atom is 0.316 e. The number of esters is 1. The Labute approximate surface area is 107 Å². The van der Waals surface area contributed by atoms with Crippen molar-refractivity contribution in [2.45, 2.75) is 5.92 Å². The monoisotopic (exact) mass is 250 g/mol. The van der Waals surface area contributed by atoms with E-state index in [9.17, 15) is 4.79 Å². The van der Waals surface area contributed by atoms with Gasteiger partial charge in [0.05, 0.1) is 26.0 Å². The van der Waals surface area contributed by atoms with E-state index in [0.29, 0.717) is 6.54 Å². The zero-order chi connectivity index (χ0) is 12.8. The topological polar surface area (TPSA) is 51.7 Å². The van der Waals surface area contributed by atoms with Gasteiger partial charge in [-0.1, -0.05) is 6.07 Å². The third-order valence-electron chi connectivity index (χ3n) is 3.07. The van der Waals surface area contributed by atoms with Crippen molar-refractivity contribution in [3.05, 3.63) is 30.1 Å². The molecule has 0 amide bonds. The quantitative estimate of drug-likeness (QED) is 0.735. The van der Waals surface area contributed by atoms with E-state index in [0.717, 1.165) is 32.0 Å². The number of hydrogen-bond acceptors (Lipinski definition) is 5. The molecule has 0 saturated carbocycles. The number of carbonyl (C=O) groups excluding carboxylic acids is 1. The number of methoxy groups -OCH3 is 1. The van der Waals surface area contributed by atoms with Gasteiger partial charge in [0.15, 0.2) is 0 Å². The molecule has 1 aliphatic heterocycles. The molecule has 1 fully saturated rings. The van der Waals surface area contributed by atoms with Gasteiger partial charge in [0, 0.05) is 25.8 Å². The molecule has 1 saturated heterocycles. The van der Waals surface area contributed by atoms with Crippen LogP contribution in [0.1, 0.15) is 11.6 Å². The first-order valence-electron chi connectivity index (χ1n) is 6.10. The van der Waals surface area contributed by atoms with Gasteiger partial charge >= 0.3 is 5.97 Å². The first-order valence-corrected chi connectivity index (χ1v) is 6.10. The van der Waals surface area contributed by atoms with E-state index in [2.05, 4.69) is 9.88 Å². The summed E-state index contributed by atoms with van der Waals surface area (Å²) >= 11 is 0. The van der Waals surface area contributed by atoms with Crippen LogP contribution in [0.3, 0.4) is 0 Å². The Kier molecular flexibility index (Phi) is 4.66. The van der Waals surface area contributed by atoms with Gasteiger partial charge in [-0.05, 0) is 12.1 Å². The van der Waals surface area contributed by atoms with Gasteiger partial charge in [-0.3, -0.25) is 14.7 Å². The standard InChI is InChI=1S/C13H18N2O3/c1-17-13(16)11(12-4-2-3-5-14-12)10-15-6-8-18-9-7-15/h2-5,11H,6-10H2,1H3. The number of nitrogens with zero attached hydrogens (tertiary/aromatic N) is 2. The van der Waals surface area contributed by atoms with Crippen molar-refractivity contribution in [2.24, 2.45) is 0 Å². The highest BCUT2D eigenvalue weighted by atomic mass is 16.5. The van der Waals surface area contributed by atoms with E-state index in [1.165, 1.54) is 7.11 Å². The van der Waals surface area contributed by atoms with Crippen LogP contribution >= 0.6 is 0 Å². The Bertz CT molecular complexity index is 377. The molecule has 1 unspecified atom stereocenters. The Morgan fingerprint density at radius 1 is 1.50 bits per heavy atom. The molecule has 2 rings (SSSR count). The van der Waals surface area contributed by atoms with Crippen LogP contribution in [0, 0.1) is 0 Å². The van der Waals surface area contributed by atoms with Crippen molar-refractivity contribution in [1.29, 1.82) is 0 Å². The van der Waals surface area contributed by atoms with Crippen LogP contribution in [0.5, 0.6) is 0 Å². The number of hydrogen-bond donors (Lipinski definition) is 0. The van der Waals surface area contributed by atoms with Crippen molar-refractivity contribution in [1.82, 2.24) is 9.88 Å². The SMILES string of the molecule is COC(=O)C(CN1CCOCC1)c1ccccn1. The molecule has 0 radical (unpaired) electrons. The third-order valence-corrected chi connectivity index (χ3v) is 3.07. The molecular weight excluding hydrogens is 232 g/mol. The predicted octanol–water partition coefficient (Wildman–Crippen LogP) is 0.670. The maximum atomic E-state index is 11.9. The van der Waals surface area contributed by atoms with E-state index in [4.69, 9.17) is 9.47 Å². The Morgan fingerprint density at radius 3 is 2.89 bits per heavy atom. The van der Waals surface area contributed by atoms with Gasteiger partial charge in [-0.25, -0.2) is 0 Å². The first kappa shape index (κ1) is 13.0. The normalized spacial score (nSPS) is 18.3. The molecule has 0 aliphatic carbocycles. The number of pyridine rings is 1. The van der Waals surface area contributed by atoms with Crippen LogP contribution in [-0.4, -0.2) is 55.8 Å². The number of carbonyl (C=O) groups is 1. The lowest BCUT2D eigenvalue weighted by Crippen LogP contribution is -2.40. The van der Waals surface area contributed by atoms with Crippen LogP contribution in [0.4, 0.5) is 0 Å². The largest absolute Gasteiger partial charge is 0.468 e. The first-order chi connectivity index (χ1) is 8.81. The molecule has 5 nitrogen and oxygen atoms in total. The number of ether oxygens (including phenoxy) is 2. The van der Waals surface area contributed by atoms with Crippen molar-refractivity contribution < 1.29 is 14.3 Å². The van der Waals surface area contributed by atoms with Gasteiger partial charge in [-0.15, -0.1) is 0 Å². The van der Waals surface area contributed by atoms with Crippen LogP contribution in [0.15, 0.2) is 24.4 Å². The lowest BCUT2D eigenvalue weighted by molar-refractivity contribution is -0.143. The fourth-order valence-electron chi connectivity index (χ4n) is 2.06. The molecule has 18 heavy (non-hydrogen) atoms. The molecule has 5 heteroatoms. The van der Waals surface area contributed by atoms with Gasteiger partial charge in [0.1, 0.15) is 5.92 Å². The van der Waals surface area contributed by atoms with Crippen molar-refractivity contribution in [3.8, 4) is 0 Å². The molecule has 0 bridgehead atoms. The van der Waals surface area contributed by atoms with Gasteiger partial charge in [-0.2, -0.15) is 0 Å². The lowest BCUT2D eigenvalue weighted by Gasteiger charge is -2.29. The van der Waals surface area contributed by atoms with E-state index >= 15 is 0 Å². The average Bonchev–Trinajstić information content (AvgIpc) is 2.46. The average molecular weight is 250 g/mol. The molecule has 0 N–H and O–H groups in total. The van der Waals surface area contributed by atoms with Gasteiger partial charge < -0.3 is 9.47 Å². The fraction of sp³-hybridized carbons (Fsp3) is 0.538. The minimum atomic E-state index is -0.325. The summed E-state index contributed by atoms with van der Waals surface area (Å²) in [5.74, 6) is -0.561. The molecule has 98 valence electrons. The molecule has 1 aromatic heterocycles. The highest BCUT2D eigenvalue weighted by Gasteiger charge is 2.26. The Hall–Kier alpha value is -1.46. The minimum absolute atomic E-state index is 0.236. The van der Waals surface area contributed by atoms with E-state index in [1.54, 1.807) is 6.20 Å². The second-order valence-electron chi connectivity index (χ2n) is 4.24. The zero-order valence-corrected chi connectivity index (χ0v) is 10.5. The smallest absolute Gasteiger partial charge is 0.316 e. The van der Waals surface area contributed by atoms with Crippen molar-refractivity contribution in [2.75, 3.05) is 40.0 Å². The van der Waals surface area contributed by atoms with Gasteiger partial charge in [0.25, 0.3) is 0 Å². The third kappa shape index (κ3) is 3.27. The summed E-state index contributed by atoms with van der Waals surface area (Å²) in [5.41, 5.74) is 0.760. The van der Waals surface area contributed by atoms with Crippen LogP contribution in [-0.2, 0) is 14.3 Å². The highest BCUT2D eigenvalue weighted by molar-refractivity contribution is 5.77. The summed E-state index contributed by atoms with van der Waals surface area (Å²) in [6.07, 6.45) is 1.70. The number of morpholine rings is 1. The highest BCUT2D eigenvalue weighted by Crippen LogP contribution is 2.17. The second-order valence-corrected chi connectivity index (χ2v) is 4.24. The molecule has 1 aliphatic rings. The zero-order valence-electron chi connectivity index (χ0n) is 10.5. The summed E-state index contributed by atoms with van der Waals surface area (Å²) in [5, 5.41) is 0. The predicted molar refractivity (Wildman–Crippen MR) is 66.3 cm³/mol. The lowest BCUT2D eigenvalue weighted by atomic mass is 10.0. The number of rotatable bonds is 4. The van der Waals surface area contributed by atoms with Crippen LogP contribution < -0.4 is 0 Å². The fourth-order valence-corrected chi connectivity index (χ4v) is 2.06. The summed E-state index contributed by atoms with van der Waals surface area (Å²) < 4.78 is 10.2. The summed E-state index contributed by atoms with van der Waals surface area (Å²) in [6.45, 7) is 3.76. The molecule has 2 heterocycles. The maximum absolute atomic E-state index is 11.9. The van der Waals surface area contributed by atoms with Crippen LogP contribution in [0.25, 0.3) is 0 Å². The summed E-state index contributed by atoms with van der Waals surface area (Å²) in [6, 6.07) is 5.59. The summed E-state index contributed by atoms with van der Waals surface area (Å²) in [7, 11) is 1.41. The van der Waals surface area contributed by atoms with Crippen molar-refractivity contribution in [3.63, 3.8) is 0 Å². The van der Waals surface area contributed by atoms with Gasteiger partial charge in [0.2, 0.25) is 0 Å². The molecule has 0 aromatic carbocycles. The Balaban J connectivity index is 2.07. The van der Waals surface area contributed by atoms with E-state index < -0.39 is 0 Å². The summed E-state index contributed by atoms with van der Waals surface area (Å²) in [4.78, 5) is 18.3. The molecule has 1 aromatic rings. The van der Waals surface area contributed by atoms with E-state index in [-0.39, 0.29) is 11.9 Å². The van der Waals surface area contributed by atoms with E-state index in [1.807, 2.05) is 18.2 Å². The minimum Gasteiger partial charge on any atom is -0.468 e. The number of aromatic nitrogens is 1. The second kappa shape index (κ2) is 6.47. The van der Waals surface area contributed by atoms with Crippen molar-refractivity contribution >= 4 is 5.97 Å². The molecule has 1 atom stereocenters. The Morgan fingerprint density at radius 2 is 2.28 bits per heavy atom. The molecule has 0 spiro atoms. The molecular formula is C13H18N2O3.